The molecule has 1 fully saturated rings. The van der Waals surface area contributed by atoms with Crippen LogP contribution >= 0.6 is 0 Å². The van der Waals surface area contributed by atoms with Crippen molar-refractivity contribution in [2.45, 2.75) is 52.9 Å². The average molecular weight is 430 g/mol. The second-order valence-electron chi connectivity index (χ2n) is 8.26. The van der Waals surface area contributed by atoms with Crippen molar-refractivity contribution in [3.05, 3.63) is 56.9 Å². The number of rotatable bonds is 8. The Labute approximate surface area is 182 Å². The Kier molecular flexibility index (Phi) is 7.40. The van der Waals surface area contributed by atoms with Gasteiger partial charge in [-0.25, -0.2) is 0 Å². The van der Waals surface area contributed by atoms with Crippen molar-refractivity contribution in [1.82, 2.24) is 20.0 Å². The third-order valence-electron chi connectivity index (χ3n) is 5.51. The molecule has 31 heavy (non-hydrogen) atoms. The number of hydrogen-bond donors (Lipinski definition) is 1. The first kappa shape index (κ1) is 22.9. The largest absolute Gasteiger partial charge is 0.373 e. The maximum atomic E-state index is 12.4. The van der Waals surface area contributed by atoms with Crippen molar-refractivity contribution in [2.24, 2.45) is 0 Å². The van der Waals surface area contributed by atoms with Crippen LogP contribution < -0.4 is 5.32 Å². The van der Waals surface area contributed by atoms with Gasteiger partial charge >= 0.3 is 5.69 Å². The lowest BCUT2D eigenvalue weighted by Crippen LogP contribution is -2.46. The summed E-state index contributed by atoms with van der Waals surface area (Å²) in [5.74, 6) is -0.1000. The minimum absolute atomic E-state index is 0.0528. The molecule has 1 aromatic carbocycles. The number of nitro groups is 1. The summed E-state index contributed by atoms with van der Waals surface area (Å²) in [4.78, 5) is 25.5. The third kappa shape index (κ3) is 5.89. The Morgan fingerprint density at radius 3 is 2.45 bits per heavy atom. The number of nitrogens with zero attached hydrogens (tertiary/aromatic N) is 4. The molecule has 1 saturated heterocycles. The highest BCUT2D eigenvalue weighted by Gasteiger charge is 2.22. The zero-order valence-corrected chi connectivity index (χ0v) is 18.6. The van der Waals surface area contributed by atoms with Gasteiger partial charge in [0, 0.05) is 31.7 Å². The molecule has 9 heteroatoms. The van der Waals surface area contributed by atoms with Crippen LogP contribution in [0.3, 0.4) is 0 Å². The fourth-order valence-corrected chi connectivity index (χ4v) is 4.11. The maximum absolute atomic E-state index is 12.4. The molecule has 0 aliphatic carbocycles. The van der Waals surface area contributed by atoms with Crippen LogP contribution in [0.2, 0.25) is 0 Å². The number of morpholine rings is 1. The Morgan fingerprint density at radius 1 is 1.23 bits per heavy atom. The third-order valence-corrected chi connectivity index (χ3v) is 5.51. The quantitative estimate of drug-likeness (QED) is 0.393. The molecule has 1 amide bonds. The molecule has 168 valence electrons. The smallest absolute Gasteiger partial charge is 0.312 e. The summed E-state index contributed by atoms with van der Waals surface area (Å²) in [6, 6.07) is 7.26. The first-order chi connectivity index (χ1) is 14.7. The molecule has 2 heterocycles. The van der Waals surface area contributed by atoms with Crippen LogP contribution in [0.15, 0.2) is 24.3 Å². The lowest BCUT2D eigenvalue weighted by Gasteiger charge is -2.35. The van der Waals surface area contributed by atoms with Crippen molar-refractivity contribution >= 4 is 11.6 Å². The van der Waals surface area contributed by atoms with Gasteiger partial charge in [-0.15, -0.1) is 0 Å². The van der Waals surface area contributed by atoms with E-state index in [1.54, 1.807) is 30.7 Å². The molecule has 1 aliphatic heterocycles. The molecule has 0 saturated carbocycles. The summed E-state index contributed by atoms with van der Waals surface area (Å²) in [5.41, 5.74) is 2.49. The van der Waals surface area contributed by atoms with Crippen LogP contribution in [-0.2, 0) is 11.3 Å². The van der Waals surface area contributed by atoms with E-state index in [4.69, 9.17) is 4.74 Å². The number of aromatic nitrogens is 2. The van der Waals surface area contributed by atoms with E-state index < -0.39 is 4.92 Å². The van der Waals surface area contributed by atoms with E-state index in [0.29, 0.717) is 30.0 Å². The second kappa shape index (κ2) is 10.0. The number of aryl methyl sites for hydroxylation is 1. The molecule has 1 N–H and O–H groups in total. The predicted octanol–water partition coefficient (Wildman–Crippen LogP) is 2.69. The van der Waals surface area contributed by atoms with Crippen molar-refractivity contribution in [3.8, 4) is 0 Å². The normalized spacial score (nSPS) is 19.4. The topological polar surface area (TPSA) is 103 Å². The summed E-state index contributed by atoms with van der Waals surface area (Å²) >= 11 is 0. The molecule has 2 atom stereocenters. The zero-order valence-electron chi connectivity index (χ0n) is 18.6. The molecule has 2 unspecified atom stereocenters. The number of carbonyl (C=O) groups excluding carboxylic acids is 1. The monoisotopic (exact) mass is 429 g/mol. The van der Waals surface area contributed by atoms with Gasteiger partial charge in [0.25, 0.3) is 5.91 Å². The van der Waals surface area contributed by atoms with Gasteiger partial charge in [-0.05, 0) is 51.8 Å². The van der Waals surface area contributed by atoms with Crippen molar-refractivity contribution in [3.63, 3.8) is 0 Å². The summed E-state index contributed by atoms with van der Waals surface area (Å²) in [6.07, 6.45) is 1.38. The highest BCUT2D eigenvalue weighted by Crippen LogP contribution is 2.22. The van der Waals surface area contributed by atoms with Crippen LogP contribution in [0, 0.1) is 24.0 Å². The zero-order chi connectivity index (χ0) is 22.5. The van der Waals surface area contributed by atoms with E-state index in [0.717, 1.165) is 31.6 Å². The fourth-order valence-electron chi connectivity index (χ4n) is 4.11. The lowest BCUT2D eigenvalue weighted by molar-refractivity contribution is -0.386. The van der Waals surface area contributed by atoms with Gasteiger partial charge < -0.3 is 10.1 Å². The van der Waals surface area contributed by atoms with Gasteiger partial charge in [-0.1, -0.05) is 12.1 Å². The van der Waals surface area contributed by atoms with Gasteiger partial charge in [0.05, 0.1) is 23.7 Å². The molecule has 1 aliphatic rings. The van der Waals surface area contributed by atoms with E-state index >= 15 is 0 Å². The Bertz CT molecular complexity index is 915. The molecule has 0 spiro atoms. The van der Waals surface area contributed by atoms with Crippen molar-refractivity contribution in [2.75, 3.05) is 26.2 Å². The van der Waals surface area contributed by atoms with Gasteiger partial charge in [0.1, 0.15) is 11.4 Å². The van der Waals surface area contributed by atoms with Crippen LogP contribution in [0.4, 0.5) is 5.69 Å². The molecule has 3 rings (SSSR count). The SMILES string of the molecule is Cc1nn(Cc2ccc(C(=O)NCCCN3CC(C)OC(C)C3)cc2)c(C)c1[N+](=O)[O-]. The molecular weight excluding hydrogens is 398 g/mol. The molecular formula is C22H31N5O4. The van der Waals surface area contributed by atoms with Crippen molar-refractivity contribution in [1.29, 1.82) is 0 Å². The van der Waals surface area contributed by atoms with Crippen LogP contribution in [0.5, 0.6) is 0 Å². The van der Waals surface area contributed by atoms with Gasteiger partial charge in [0.15, 0.2) is 0 Å². The highest BCUT2D eigenvalue weighted by molar-refractivity contribution is 5.94. The Hall–Kier alpha value is -2.78. The van der Waals surface area contributed by atoms with Gasteiger partial charge in [0.2, 0.25) is 0 Å². The second-order valence-corrected chi connectivity index (χ2v) is 8.26. The fraction of sp³-hybridized carbons (Fsp3) is 0.545. The summed E-state index contributed by atoms with van der Waals surface area (Å²) in [5, 5.41) is 18.4. The van der Waals surface area contributed by atoms with Crippen LogP contribution in [-0.4, -0.2) is 63.9 Å². The van der Waals surface area contributed by atoms with Gasteiger partial charge in [-0.2, -0.15) is 5.10 Å². The average Bonchev–Trinajstić information content (AvgIpc) is 2.98. The van der Waals surface area contributed by atoms with Crippen molar-refractivity contribution < 1.29 is 14.5 Å². The minimum Gasteiger partial charge on any atom is -0.373 e. The van der Waals surface area contributed by atoms with E-state index in [2.05, 4.69) is 29.2 Å². The molecule has 1 aromatic heterocycles. The van der Waals surface area contributed by atoms with E-state index in [1.165, 1.54) is 0 Å². The minimum atomic E-state index is -0.401. The van der Waals surface area contributed by atoms with E-state index in [9.17, 15) is 14.9 Å². The lowest BCUT2D eigenvalue weighted by atomic mass is 10.1. The highest BCUT2D eigenvalue weighted by atomic mass is 16.6. The standard InChI is InChI=1S/C22H31N5O4/c1-15-12-25(13-16(2)31-15)11-5-10-23-22(28)20-8-6-19(7-9-20)14-26-18(4)21(27(29)30)17(3)24-26/h6-9,15-16H,5,10-14H2,1-4H3,(H,23,28). The predicted molar refractivity (Wildman–Crippen MR) is 117 cm³/mol. The number of benzene rings is 1. The Morgan fingerprint density at radius 2 is 1.87 bits per heavy atom. The molecule has 2 aromatic rings. The number of hydrogen-bond acceptors (Lipinski definition) is 6. The Balaban J connectivity index is 1.48. The maximum Gasteiger partial charge on any atom is 0.312 e. The summed E-state index contributed by atoms with van der Waals surface area (Å²) in [6.45, 7) is 11.3. The first-order valence-corrected chi connectivity index (χ1v) is 10.7. The number of ether oxygens (including phenoxy) is 1. The molecule has 9 nitrogen and oxygen atoms in total. The first-order valence-electron chi connectivity index (χ1n) is 10.7. The molecule has 0 radical (unpaired) electrons. The van der Waals surface area contributed by atoms with E-state index in [1.807, 2.05) is 12.1 Å². The van der Waals surface area contributed by atoms with E-state index in [-0.39, 0.29) is 23.8 Å². The van der Waals surface area contributed by atoms with Gasteiger partial charge in [-0.3, -0.25) is 24.5 Å². The number of nitrogens with one attached hydrogen (secondary N) is 1. The number of carbonyl (C=O) groups is 1. The number of amides is 1. The molecule has 0 bridgehead atoms. The van der Waals surface area contributed by atoms with Crippen LogP contribution in [0.1, 0.15) is 47.6 Å². The summed E-state index contributed by atoms with van der Waals surface area (Å²) < 4.78 is 7.36. The van der Waals surface area contributed by atoms with Crippen LogP contribution in [0.25, 0.3) is 0 Å². The summed E-state index contributed by atoms with van der Waals surface area (Å²) in [7, 11) is 0.